The summed E-state index contributed by atoms with van der Waals surface area (Å²) in [6.45, 7) is 2.59. The van der Waals surface area contributed by atoms with E-state index in [9.17, 15) is 9.90 Å². The Hall–Kier alpha value is -0.630. The molecule has 4 aliphatic rings. The van der Waals surface area contributed by atoms with Crippen molar-refractivity contribution in [3.05, 3.63) is 12.2 Å². The molecule has 21 heavy (non-hydrogen) atoms. The molecule has 1 unspecified atom stereocenters. The molecule has 0 spiro atoms. The number of fused-ring (bicyclic) bond motifs is 5. The molecule has 0 saturated heterocycles. The van der Waals surface area contributed by atoms with Crippen LogP contribution in [-0.2, 0) is 4.79 Å². The van der Waals surface area contributed by atoms with Crippen molar-refractivity contribution >= 4 is 5.78 Å². The lowest BCUT2D eigenvalue weighted by atomic mass is 9.45. The van der Waals surface area contributed by atoms with Gasteiger partial charge in [-0.3, -0.25) is 4.79 Å². The van der Waals surface area contributed by atoms with E-state index >= 15 is 0 Å². The van der Waals surface area contributed by atoms with Gasteiger partial charge in [0, 0.05) is 0 Å². The topological polar surface area (TPSA) is 37.3 Å². The van der Waals surface area contributed by atoms with E-state index < -0.39 is 5.41 Å². The monoisotopic (exact) mass is 288 g/mol. The molecule has 0 aromatic carbocycles. The van der Waals surface area contributed by atoms with Gasteiger partial charge in [0.2, 0.25) is 0 Å². The Morgan fingerprint density at radius 1 is 1.19 bits per heavy atom. The second kappa shape index (κ2) is 4.68. The van der Waals surface area contributed by atoms with Crippen LogP contribution >= 0.6 is 0 Å². The van der Waals surface area contributed by atoms with Crippen LogP contribution in [0.5, 0.6) is 0 Å². The number of rotatable bonds is 1. The van der Waals surface area contributed by atoms with Crippen LogP contribution in [0.15, 0.2) is 12.2 Å². The minimum absolute atomic E-state index is 0.0485. The zero-order chi connectivity index (χ0) is 14.7. The van der Waals surface area contributed by atoms with Crippen molar-refractivity contribution in [3.8, 4) is 0 Å². The summed E-state index contributed by atoms with van der Waals surface area (Å²) in [5.41, 5.74) is 0.0568. The third-order valence-corrected chi connectivity index (χ3v) is 7.89. The van der Waals surface area contributed by atoms with Crippen LogP contribution in [0.3, 0.4) is 0 Å². The van der Waals surface area contributed by atoms with Crippen molar-refractivity contribution < 1.29 is 9.90 Å². The molecular formula is C19H28O2. The van der Waals surface area contributed by atoms with Crippen LogP contribution in [0.1, 0.15) is 58.3 Å². The largest absolute Gasteiger partial charge is 0.395 e. The number of hydrogen-bond acceptors (Lipinski definition) is 2. The van der Waals surface area contributed by atoms with Gasteiger partial charge in [-0.2, -0.15) is 0 Å². The number of carbonyl (C=O) groups excluding carboxylic acids is 1. The molecule has 0 heterocycles. The van der Waals surface area contributed by atoms with Gasteiger partial charge in [-0.1, -0.05) is 25.8 Å². The van der Waals surface area contributed by atoms with Gasteiger partial charge in [-0.05, 0) is 73.7 Å². The smallest absolute Gasteiger partial charge is 0.164 e. The summed E-state index contributed by atoms with van der Waals surface area (Å²) >= 11 is 0. The second-order valence-electron chi connectivity index (χ2n) is 8.40. The molecule has 0 aromatic rings. The van der Waals surface area contributed by atoms with Crippen molar-refractivity contribution in [2.24, 2.45) is 34.5 Å². The highest BCUT2D eigenvalue weighted by Crippen LogP contribution is 2.64. The van der Waals surface area contributed by atoms with E-state index in [2.05, 4.69) is 13.0 Å². The minimum atomic E-state index is -0.445. The molecule has 0 radical (unpaired) electrons. The molecule has 0 aromatic heterocycles. The molecule has 6 atom stereocenters. The Morgan fingerprint density at radius 2 is 2.05 bits per heavy atom. The Labute approximate surface area is 128 Å². The standard InChI is InChI=1S/C19H28O2/c1-18-10-3-2-4-13(18)5-6-14-15(18)9-11-19(12-20)16(14)7-8-17(19)21/h7-8,13-16,20H,2-6,9-12H2,1H3/t13?,14-,15+,16+,18+,19-/m1/s1. The number of aliphatic hydroxyl groups is 1. The first kappa shape index (κ1) is 14.0. The van der Waals surface area contributed by atoms with Gasteiger partial charge in [-0.15, -0.1) is 0 Å². The van der Waals surface area contributed by atoms with Gasteiger partial charge in [0.1, 0.15) is 0 Å². The Morgan fingerprint density at radius 3 is 2.86 bits per heavy atom. The zero-order valence-electron chi connectivity index (χ0n) is 13.2. The summed E-state index contributed by atoms with van der Waals surface area (Å²) < 4.78 is 0. The Balaban J connectivity index is 1.68. The number of carbonyl (C=O) groups is 1. The Bertz CT molecular complexity index is 482. The summed E-state index contributed by atoms with van der Waals surface area (Å²) in [7, 11) is 0. The molecular weight excluding hydrogens is 260 g/mol. The van der Waals surface area contributed by atoms with Crippen molar-refractivity contribution in [2.75, 3.05) is 6.61 Å². The van der Waals surface area contributed by atoms with Gasteiger partial charge >= 0.3 is 0 Å². The van der Waals surface area contributed by atoms with Crippen LogP contribution in [0, 0.1) is 34.5 Å². The lowest BCUT2D eigenvalue weighted by Crippen LogP contribution is -2.54. The molecule has 3 saturated carbocycles. The van der Waals surface area contributed by atoms with Gasteiger partial charge in [0.15, 0.2) is 5.78 Å². The predicted octanol–water partition coefficient (Wildman–Crippen LogP) is 3.74. The highest BCUT2D eigenvalue weighted by molar-refractivity contribution is 5.98. The first-order chi connectivity index (χ1) is 10.1. The maximum Gasteiger partial charge on any atom is 0.164 e. The highest BCUT2D eigenvalue weighted by atomic mass is 16.3. The molecule has 0 aliphatic heterocycles. The molecule has 1 N–H and O–H groups in total. The summed E-state index contributed by atoms with van der Waals surface area (Å²) in [5.74, 6) is 2.83. The van der Waals surface area contributed by atoms with Crippen molar-refractivity contribution in [1.82, 2.24) is 0 Å². The van der Waals surface area contributed by atoms with Gasteiger partial charge in [0.05, 0.1) is 12.0 Å². The van der Waals surface area contributed by atoms with Gasteiger partial charge < -0.3 is 5.11 Å². The highest BCUT2D eigenvalue weighted by Gasteiger charge is 2.59. The van der Waals surface area contributed by atoms with Crippen LogP contribution in [0.2, 0.25) is 0 Å². The minimum Gasteiger partial charge on any atom is -0.395 e. The fraction of sp³-hybridized carbons (Fsp3) is 0.842. The number of ketones is 1. The van der Waals surface area contributed by atoms with E-state index in [1.807, 2.05) is 0 Å². The van der Waals surface area contributed by atoms with Crippen LogP contribution in [0.25, 0.3) is 0 Å². The molecule has 4 aliphatic carbocycles. The van der Waals surface area contributed by atoms with E-state index in [1.165, 1.54) is 38.5 Å². The average Bonchev–Trinajstić information content (AvgIpc) is 2.84. The van der Waals surface area contributed by atoms with Crippen molar-refractivity contribution in [1.29, 1.82) is 0 Å². The molecule has 2 nitrogen and oxygen atoms in total. The summed E-state index contributed by atoms with van der Waals surface area (Å²) in [6, 6.07) is 0. The zero-order valence-corrected chi connectivity index (χ0v) is 13.2. The maximum atomic E-state index is 12.4. The van der Waals surface area contributed by atoms with Crippen LogP contribution in [-0.4, -0.2) is 17.5 Å². The molecule has 0 bridgehead atoms. The maximum absolute atomic E-state index is 12.4. The molecule has 4 rings (SSSR count). The van der Waals surface area contributed by atoms with E-state index in [1.54, 1.807) is 6.08 Å². The average molecular weight is 288 g/mol. The van der Waals surface area contributed by atoms with Crippen molar-refractivity contribution in [2.45, 2.75) is 58.3 Å². The van der Waals surface area contributed by atoms with Crippen LogP contribution < -0.4 is 0 Å². The normalized spacial score (nSPS) is 52.2. The third-order valence-electron chi connectivity index (χ3n) is 7.89. The first-order valence-corrected chi connectivity index (χ1v) is 8.95. The molecule has 3 fully saturated rings. The van der Waals surface area contributed by atoms with E-state index in [-0.39, 0.29) is 12.4 Å². The number of allylic oxidation sites excluding steroid dienone is 2. The predicted molar refractivity (Wildman–Crippen MR) is 82.7 cm³/mol. The van der Waals surface area contributed by atoms with Gasteiger partial charge in [-0.25, -0.2) is 0 Å². The SMILES string of the molecule is C[C@]12CCCCC1CC[C@H]1[C@@H]3C=CC(=O)[C@@]3(CO)CC[C@@H]12. The van der Waals surface area contributed by atoms with E-state index in [4.69, 9.17) is 0 Å². The molecule has 0 amide bonds. The summed E-state index contributed by atoms with van der Waals surface area (Å²) in [4.78, 5) is 12.4. The first-order valence-electron chi connectivity index (χ1n) is 8.95. The van der Waals surface area contributed by atoms with Crippen LogP contribution in [0.4, 0.5) is 0 Å². The Kier molecular flexibility index (Phi) is 3.12. The summed E-state index contributed by atoms with van der Waals surface area (Å²) in [6.07, 6.45) is 14.2. The lowest BCUT2D eigenvalue weighted by molar-refractivity contribution is -0.143. The van der Waals surface area contributed by atoms with Gasteiger partial charge in [0.25, 0.3) is 0 Å². The third kappa shape index (κ3) is 1.72. The van der Waals surface area contributed by atoms with Crippen molar-refractivity contribution in [3.63, 3.8) is 0 Å². The quantitative estimate of drug-likeness (QED) is 0.798. The molecule has 2 heteroatoms. The van der Waals surface area contributed by atoms with E-state index in [0.717, 1.165) is 24.7 Å². The van der Waals surface area contributed by atoms with E-state index in [0.29, 0.717) is 17.3 Å². The second-order valence-corrected chi connectivity index (χ2v) is 8.40. The lowest BCUT2D eigenvalue weighted by Gasteiger charge is -2.59. The molecule has 116 valence electrons. The fourth-order valence-electron chi connectivity index (χ4n) is 6.67. The number of aliphatic hydroxyl groups excluding tert-OH is 1. The fourth-order valence-corrected chi connectivity index (χ4v) is 6.67. The summed E-state index contributed by atoms with van der Waals surface area (Å²) in [5, 5.41) is 9.95. The number of hydrogen-bond donors (Lipinski definition) is 1.